The van der Waals surface area contributed by atoms with E-state index in [0.29, 0.717) is 11.0 Å². The molecule has 0 spiro atoms. The molecule has 7 heteroatoms. The molecule has 0 saturated carbocycles. The first kappa shape index (κ1) is 15.6. The van der Waals surface area contributed by atoms with Crippen LogP contribution in [0.4, 0.5) is 5.82 Å². The van der Waals surface area contributed by atoms with Crippen molar-refractivity contribution in [1.29, 1.82) is 0 Å². The molecule has 0 bridgehead atoms. The Balaban J connectivity index is 1.82. The maximum Gasteiger partial charge on any atom is 0.168 e. The van der Waals surface area contributed by atoms with Gasteiger partial charge in [0.25, 0.3) is 0 Å². The van der Waals surface area contributed by atoms with Crippen molar-refractivity contribution in [2.75, 3.05) is 5.43 Å². The molecule has 3 rings (SSSR count). The van der Waals surface area contributed by atoms with Gasteiger partial charge in [0.15, 0.2) is 11.0 Å². The quantitative estimate of drug-likeness (QED) is 0.563. The van der Waals surface area contributed by atoms with Gasteiger partial charge in [-0.15, -0.1) is 21.5 Å². The number of aryl methyl sites for hydroxylation is 1. The molecule has 2 heterocycles. The van der Waals surface area contributed by atoms with Crippen molar-refractivity contribution < 1.29 is 0 Å². The lowest BCUT2D eigenvalue weighted by molar-refractivity contribution is 1.02. The molecule has 23 heavy (non-hydrogen) atoms. The Morgan fingerprint density at radius 1 is 1.13 bits per heavy atom. The van der Waals surface area contributed by atoms with E-state index in [1.54, 1.807) is 23.5 Å². The van der Waals surface area contributed by atoms with Crippen molar-refractivity contribution >= 4 is 34.5 Å². The Kier molecular flexibility index (Phi) is 4.64. The van der Waals surface area contributed by atoms with Crippen LogP contribution < -0.4 is 5.43 Å². The molecule has 0 radical (unpaired) electrons. The number of hydrazone groups is 1. The molecule has 0 aliphatic carbocycles. The Bertz CT molecular complexity index is 827. The van der Waals surface area contributed by atoms with Crippen molar-refractivity contribution in [1.82, 2.24) is 15.2 Å². The van der Waals surface area contributed by atoms with Gasteiger partial charge in [-0.2, -0.15) is 5.10 Å². The summed E-state index contributed by atoms with van der Waals surface area (Å²) in [5, 5.41) is 13.3. The lowest BCUT2D eigenvalue weighted by atomic mass is 10.2. The fourth-order valence-electron chi connectivity index (χ4n) is 2.01. The van der Waals surface area contributed by atoms with Crippen molar-refractivity contribution in [2.45, 2.75) is 13.8 Å². The summed E-state index contributed by atoms with van der Waals surface area (Å²) >= 11 is 7.36. The summed E-state index contributed by atoms with van der Waals surface area (Å²) in [5.74, 6) is 0.532. The normalized spacial score (nSPS) is 11.5. The van der Waals surface area contributed by atoms with Crippen LogP contribution in [-0.2, 0) is 0 Å². The second-order valence-electron chi connectivity index (χ2n) is 4.84. The zero-order valence-electron chi connectivity index (χ0n) is 12.6. The second-order valence-corrected chi connectivity index (χ2v) is 6.43. The molecule has 116 valence electrons. The summed E-state index contributed by atoms with van der Waals surface area (Å²) in [5.41, 5.74) is 5.64. The maximum absolute atomic E-state index is 5.71. The SMILES string of the molecule is C/C(=N/Nc1ccc(Cl)nn1)c1nc(-c2ccccc2)sc1C. The van der Waals surface area contributed by atoms with Crippen LogP contribution in [0.3, 0.4) is 0 Å². The molecule has 1 N–H and O–H groups in total. The fourth-order valence-corrected chi connectivity index (χ4v) is 3.08. The van der Waals surface area contributed by atoms with Crippen LogP contribution in [0.15, 0.2) is 47.6 Å². The number of thiazole rings is 1. The number of nitrogens with zero attached hydrogens (tertiary/aromatic N) is 4. The minimum Gasteiger partial charge on any atom is -0.260 e. The molecule has 0 fully saturated rings. The van der Waals surface area contributed by atoms with Crippen molar-refractivity contribution in [3.63, 3.8) is 0 Å². The molecule has 0 aliphatic rings. The minimum absolute atomic E-state index is 0.346. The predicted octanol–water partition coefficient (Wildman–Crippen LogP) is 4.40. The average Bonchev–Trinajstić information content (AvgIpc) is 2.97. The molecule has 1 aromatic carbocycles. The Morgan fingerprint density at radius 2 is 1.91 bits per heavy atom. The van der Waals surface area contributed by atoms with Crippen molar-refractivity contribution in [2.24, 2.45) is 5.10 Å². The van der Waals surface area contributed by atoms with Crippen molar-refractivity contribution in [3.8, 4) is 10.6 Å². The molecule has 3 aromatic rings. The van der Waals surface area contributed by atoms with E-state index in [4.69, 9.17) is 16.6 Å². The number of halogens is 1. The van der Waals surface area contributed by atoms with Gasteiger partial charge in [-0.3, -0.25) is 5.43 Å². The predicted molar refractivity (Wildman–Crippen MR) is 95.2 cm³/mol. The number of nitrogens with one attached hydrogen (secondary N) is 1. The van der Waals surface area contributed by atoms with E-state index < -0.39 is 0 Å². The van der Waals surface area contributed by atoms with Crippen LogP contribution in [0.25, 0.3) is 10.6 Å². The van der Waals surface area contributed by atoms with E-state index in [9.17, 15) is 0 Å². The fraction of sp³-hybridized carbons (Fsp3) is 0.125. The first-order chi connectivity index (χ1) is 11.1. The molecule has 0 unspecified atom stereocenters. The van der Waals surface area contributed by atoms with E-state index in [1.165, 1.54) is 0 Å². The lowest BCUT2D eigenvalue weighted by Crippen LogP contribution is -2.03. The summed E-state index contributed by atoms with van der Waals surface area (Å²) in [7, 11) is 0. The van der Waals surface area contributed by atoms with Gasteiger partial charge in [-0.25, -0.2) is 4.98 Å². The van der Waals surface area contributed by atoms with Gasteiger partial charge in [0, 0.05) is 10.4 Å². The number of hydrogen-bond donors (Lipinski definition) is 1. The maximum atomic E-state index is 5.71. The van der Waals surface area contributed by atoms with Gasteiger partial charge in [0.1, 0.15) is 10.7 Å². The molecular weight excluding hydrogens is 330 g/mol. The first-order valence-electron chi connectivity index (χ1n) is 6.96. The minimum atomic E-state index is 0.346. The van der Waals surface area contributed by atoms with E-state index in [1.807, 2.05) is 32.0 Å². The first-order valence-corrected chi connectivity index (χ1v) is 8.15. The van der Waals surface area contributed by atoms with Gasteiger partial charge in [0.05, 0.1) is 5.71 Å². The molecule has 0 atom stereocenters. The Morgan fingerprint density at radius 3 is 2.61 bits per heavy atom. The standard InChI is InChI=1S/C16H14ClN5S/c1-10(19-21-14-9-8-13(17)20-22-14)15-11(2)23-16(18-15)12-6-4-3-5-7-12/h3-9H,1-2H3,(H,21,22)/b19-10-. The topological polar surface area (TPSA) is 63.1 Å². The summed E-state index contributed by atoms with van der Waals surface area (Å²) in [6.45, 7) is 3.95. The van der Waals surface area contributed by atoms with Crippen LogP contribution in [0.5, 0.6) is 0 Å². The largest absolute Gasteiger partial charge is 0.260 e. The smallest absolute Gasteiger partial charge is 0.168 e. The monoisotopic (exact) mass is 343 g/mol. The summed E-state index contributed by atoms with van der Waals surface area (Å²) in [6.07, 6.45) is 0. The number of hydrogen-bond acceptors (Lipinski definition) is 6. The third kappa shape index (κ3) is 3.72. The van der Waals surface area contributed by atoms with E-state index in [0.717, 1.165) is 26.9 Å². The van der Waals surface area contributed by atoms with E-state index in [-0.39, 0.29) is 0 Å². The average molecular weight is 344 g/mol. The van der Waals surface area contributed by atoms with E-state index >= 15 is 0 Å². The highest BCUT2D eigenvalue weighted by molar-refractivity contribution is 7.15. The summed E-state index contributed by atoms with van der Waals surface area (Å²) in [6, 6.07) is 13.5. The second kappa shape index (κ2) is 6.85. The number of anilines is 1. The third-order valence-corrected chi connectivity index (χ3v) is 4.35. The number of benzene rings is 1. The lowest BCUT2D eigenvalue weighted by Gasteiger charge is -2.01. The number of rotatable bonds is 4. The van der Waals surface area contributed by atoms with Gasteiger partial charge in [0.2, 0.25) is 0 Å². The highest BCUT2D eigenvalue weighted by Gasteiger charge is 2.11. The van der Waals surface area contributed by atoms with Crippen LogP contribution >= 0.6 is 22.9 Å². The highest BCUT2D eigenvalue weighted by atomic mass is 35.5. The van der Waals surface area contributed by atoms with Gasteiger partial charge >= 0.3 is 0 Å². The zero-order chi connectivity index (χ0) is 16.2. The molecule has 0 amide bonds. The zero-order valence-corrected chi connectivity index (χ0v) is 14.2. The highest BCUT2D eigenvalue weighted by Crippen LogP contribution is 2.27. The van der Waals surface area contributed by atoms with Gasteiger partial charge < -0.3 is 0 Å². The molecule has 0 saturated heterocycles. The molecule has 5 nitrogen and oxygen atoms in total. The molecule has 0 aliphatic heterocycles. The Hall–Kier alpha value is -2.31. The van der Waals surface area contributed by atoms with Crippen LogP contribution in [0.2, 0.25) is 5.15 Å². The van der Waals surface area contributed by atoms with Crippen molar-refractivity contribution in [3.05, 3.63) is 58.2 Å². The molecular formula is C16H14ClN5S. The summed E-state index contributed by atoms with van der Waals surface area (Å²) < 4.78 is 0. The third-order valence-electron chi connectivity index (χ3n) is 3.13. The van der Waals surface area contributed by atoms with Gasteiger partial charge in [-0.05, 0) is 26.0 Å². The summed E-state index contributed by atoms with van der Waals surface area (Å²) in [4.78, 5) is 5.82. The molecule has 2 aromatic heterocycles. The van der Waals surface area contributed by atoms with Crippen LogP contribution in [0, 0.1) is 6.92 Å². The Labute approximate surface area is 143 Å². The number of aromatic nitrogens is 3. The van der Waals surface area contributed by atoms with Gasteiger partial charge in [-0.1, -0.05) is 41.9 Å². The van der Waals surface area contributed by atoms with Crippen LogP contribution in [-0.4, -0.2) is 20.9 Å². The van der Waals surface area contributed by atoms with Crippen LogP contribution in [0.1, 0.15) is 17.5 Å². The van der Waals surface area contributed by atoms with E-state index in [2.05, 4.69) is 32.9 Å².